The number of hydrogen-bond acceptors (Lipinski definition) is 4. The van der Waals surface area contributed by atoms with Gasteiger partial charge in [0.2, 0.25) is 0 Å². The van der Waals surface area contributed by atoms with Crippen LogP contribution in [0.15, 0.2) is 24.3 Å². The number of amides is 1. The number of nitrogens with one attached hydrogen (secondary N) is 1. The second-order valence-electron chi connectivity index (χ2n) is 4.01. The van der Waals surface area contributed by atoms with Crippen LogP contribution in [-0.2, 0) is 15.2 Å². The molecule has 2 atom stereocenters. The zero-order valence-electron chi connectivity index (χ0n) is 8.88. The molecule has 90 valence electrons. The van der Waals surface area contributed by atoms with E-state index in [1.807, 2.05) is 0 Å². The Bertz CT molecular complexity index is 488. The average molecular weight is 236 g/mol. The molecule has 1 aromatic rings. The van der Waals surface area contributed by atoms with E-state index in [9.17, 15) is 14.7 Å². The molecule has 6 heteroatoms. The Balaban J connectivity index is 2.37. The number of anilines is 1. The van der Waals surface area contributed by atoms with Gasteiger partial charge in [0, 0.05) is 17.7 Å². The molecule has 17 heavy (non-hydrogen) atoms. The summed E-state index contributed by atoms with van der Waals surface area (Å²) in [6.07, 6.45) is -0.356. The first kappa shape index (κ1) is 11.6. The van der Waals surface area contributed by atoms with Gasteiger partial charge < -0.3 is 21.3 Å². The van der Waals surface area contributed by atoms with Crippen LogP contribution in [0.4, 0.5) is 5.69 Å². The quantitative estimate of drug-likeness (QED) is 0.572. The maximum absolute atomic E-state index is 11.7. The molecule has 0 bridgehead atoms. The summed E-state index contributed by atoms with van der Waals surface area (Å²) < 4.78 is 0. The molecule has 2 rings (SSSR count). The summed E-state index contributed by atoms with van der Waals surface area (Å²) in [7, 11) is 0. The van der Waals surface area contributed by atoms with Gasteiger partial charge in [-0.1, -0.05) is 18.2 Å². The highest BCUT2D eigenvalue weighted by Gasteiger charge is 2.46. The van der Waals surface area contributed by atoms with Crippen molar-refractivity contribution in [2.75, 3.05) is 5.32 Å². The third-order valence-corrected chi connectivity index (χ3v) is 2.83. The summed E-state index contributed by atoms with van der Waals surface area (Å²) in [6, 6.07) is 5.29. The first-order chi connectivity index (χ1) is 7.95. The van der Waals surface area contributed by atoms with Crippen molar-refractivity contribution in [3.63, 3.8) is 0 Å². The van der Waals surface area contributed by atoms with Crippen LogP contribution in [0, 0.1) is 0 Å². The van der Waals surface area contributed by atoms with Crippen molar-refractivity contribution >= 4 is 17.6 Å². The molecule has 1 aromatic carbocycles. The highest BCUT2D eigenvalue weighted by Crippen LogP contribution is 2.38. The molecule has 1 aliphatic rings. The molecule has 6 nitrogen and oxygen atoms in total. The zero-order valence-corrected chi connectivity index (χ0v) is 8.88. The van der Waals surface area contributed by atoms with Crippen LogP contribution in [0.5, 0.6) is 0 Å². The fourth-order valence-corrected chi connectivity index (χ4v) is 1.91. The fourth-order valence-electron chi connectivity index (χ4n) is 1.91. The SMILES string of the molecule is N[C@@H](C[C@]1(O)C(=O)Nc2ccccc21)C(=O)O. The minimum Gasteiger partial charge on any atom is -0.480 e. The van der Waals surface area contributed by atoms with Crippen LogP contribution >= 0.6 is 0 Å². The number of para-hydroxylation sites is 1. The number of rotatable bonds is 3. The van der Waals surface area contributed by atoms with E-state index in [0.29, 0.717) is 11.3 Å². The van der Waals surface area contributed by atoms with E-state index in [1.54, 1.807) is 24.3 Å². The number of hydrogen-bond donors (Lipinski definition) is 4. The van der Waals surface area contributed by atoms with Gasteiger partial charge in [-0.25, -0.2) is 0 Å². The van der Waals surface area contributed by atoms with E-state index in [0.717, 1.165) is 0 Å². The second-order valence-corrected chi connectivity index (χ2v) is 4.01. The molecule has 0 radical (unpaired) electrons. The van der Waals surface area contributed by atoms with Gasteiger partial charge in [0.15, 0.2) is 5.60 Å². The molecule has 0 fully saturated rings. The first-order valence-corrected chi connectivity index (χ1v) is 5.07. The van der Waals surface area contributed by atoms with Crippen LogP contribution in [0.3, 0.4) is 0 Å². The minimum absolute atomic E-state index is 0.356. The van der Waals surface area contributed by atoms with E-state index < -0.39 is 23.5 Å². The summed E-state index contributed by atoms with van der Waals surface area (Å²) >= 11 is 0. The summed E-state index contributed by atoms with van der Waals surface area (Å²) in [5.74, 6) is -1.90. The van der Waals surface area contributed by atoms with Crippen molar-refractivity contribution in [3.05, 3.63) is 29.8 Å². The highest BCUT2D eigenvalue weighted by atomic mass is 16.4. The number of nitrogens with two attached hydrogens (primary N) is 1. The first-order valence-electron chi connectivity index (χ1n) is 5.07. The van der Waals surface area contributed by atoms with E-state index in [4.69, 9.17) is 10.8 Å². The van der Waals surface area contributed by atoms with Gasteiger partial charge in [0.1, 0.15) is 6.04 Å². The molecule has 1 aliphatic heterocycles. The minimum atomic E-state index is -1.87. The highest BCUT2D eigenvalue weighted by molar-refractivity contribution is 6.05. The summed E-state index contributed by atoms with van der Waals surface area (Å²) in [4.78, 5) is 22.4. The molecular weight excluding hydrogens is 224 g/mol. The molecule has 0 saturated heterocycles. The molecule has 5 N–H and O–H groups in total. The van der Waals surface area contributed by atoms with Gasteiger partial charge in [0.05, 0.1) is 0 Å². The molecule has 0 aromatic heterocycles. The summed E-state index contributed by atoms with van der Waals surface area (Å²) in [5, 5.41) is 21.5. The van der Waals surface area contributed by atoms with Gasteiger partial charge >= 0.3 is 5.97 Å². The Kier molecular flexibility index (Phi) is 2.60. The Morgan fingerprint density at radius 1 is 1.47 bits per heavy atom. The topological polar surface area (TPSA) is 113 Å². The lowest BCUT2D eigenvalue weighted by molar-refractivity contribution is -0.143. The number of carbonyl (C=O) groups excluding carboxylic acids is 1. The molecule has 0 spiro atoms. The van der Waals surface area contributed by atoms with E-state index >= 15 is 0 Å². The number of benzene rings is 1. The normalized spacial score (nSPS) is 24.0. The third kappa shape index (κ3) is 1.77. The van der Waals surface area contributed by atoms with Crippen LogP contribution < -0.4 is 11.1 Å². The number of carboxylic acids is 1. The predicted molar refractivity (Wildman–Crippen MR) is 59.2 cm³/mol. The smallest absolute Gasteiger partial charge is 0.320 e. The van der Waals surface area contributed by atoms with Crippen molar-refractivity contribution in [2.45, 2.75) is 18.1 Å². The number of aliphatic carboxylic acids is 1. The maximum atomic E-state index is 11.7. The van der Waals surface area contributed by atoms with Gasteiger partial charge in [-0.3, -0.25) is 9.59 Å². The molecule has 0 unspecified atom stereocenters. The largest absolute Gasteiger partial charge is 0.480 e. The van der Waals surface area contributed by atoms with E-state index in [1.165, 1.54) is 0 Å². The second kappa shape index (κ2) is 3.83. The average Bonchev–Trinajstić information content (AvgIpc) is 2.52. The van der Waals surface area contributed by atoms with Crippen LogP contribution in [-0.4, -0.2) is 28.1 Å². The summed E-state index contributed by atoms with van der Waals surface area (Å²) in [6.45, 7) is 0. The Hall–Kier alpha value is -1.92. The van der Waals surface area contributed by atoms with Crippen molar-refractivity contribution in [1.82, 2.24) is 0 Å². The number of fused-ring (bicyclic) bond motifs is 1. The van der Waals surface area contributed by atoms with Gasteiger partial charge in [-0.2, -0.15) is 0 Å². The van der Waals surface area contributed by atoms with Crippen molar-refractivity contribution in [1.29, 1.82) is 0 Å². The number of carboxylic acid groups (broad SMARTS) is 1. The standard InChI is InChI=1S/C11H12N2O4/c12-7(9(14)15)5-11(17)6-3-1-2-4-8(6)13-10(11)16/h1-4,7,17H,5,12H2,(H,13,16)(H,14,15)/t7-,11+/m0/s1. The Labute approximate surface area is 97.1 Å². The van der Waals surface area contributed by atoms with Crippen molar-refractivity contribution < 1.29 is 19.8 Å². The Morgan fingerprint density at radius 2 is 2.12 bits per heavy atom. The fraction of sp³-hybridized carbons (Fsp3) is 0.273. The third-order valence-electron chi connectivity index (χ3n) is 2.83. The van der Waals surface area contributed by atoms with E-state index in [2.05, 4.69) is 5.32 Å². The van der Waals surface area contributed by atoms with Gasteiger partial charge in [-0.05, 0) is 6.07 Å². The number of aliphatic hydroxyl groups is 1. The van der Waals surface area contributed by atoms with Gasteiger partial charge in [0.25, 0.3) is 5.91 Å². The van der Waals surface area contributed by atoms with Crippen LogP contribution in [0.25, 0.3) is 0 Å². The monoisotopic (exact) mass is 236 g/mol. The summed E-state index contributed by atoms with van der Waals surface area (Å²) in [5.41, 5.74) is 4.34. The lowest BCUT2D eigenvalue weighted by Crippen LogP contribution is -2.43. The number of carbonyl (C=O) groups is 2. The molecule has 0 saturated carbocycles. The van der Waals surface area contributed by atoms with Gasteiger partial charge in [-0.15, -0.1) is 0 Å². The Morgan fingerprint density at radius 3 is 2.76 bits per heavy atom. The lowest BCUT2D eigenvalue weighted by atomic mass is 9.89. The van der Waals surface area contributed by atoms with Crippen molar-refractivity contribution in [3.8, 4) is 0 Å². The van der Waals surface area contributed by atoms with Crippen molar-refractivity contribution in [2.24, 2.45) is 5.73 Å². The zero-order chi connectivity index (χ0) is 12.6. The molecule has 0 aliphatic carbocycles. The van der Waals surface area contributed by atoms with Crippen LogP contribution in [0.2, 0.25) is 0 Å². The van der Waals surface area contributed by atoms with E-state index in [-0.39, 0.29) is 6.42 Å². The lowest BCUT2D eigenvalue weighted by Gasteiger charge is -2.22. The molecular formula is C11H12N2O4. The predicted octanol–water partition coefficient (Wildman–Crippen LogP) is -0.372. The molecule has 1 heterocycles. The maximum Gasteiger partial charge on any atom is 0.320 e. The molecule has 1 amide bonds. The van der Waals surface area contributed by atoms with Crippen LogP contribution in [0.1, 0.15) is 12.0 Å².